The molecule has 0 bridgehead atoms. The van der Waals surface area contributed by atoms with Crippen LogP contribution < -0.4 is 0 Å². The summed E-state index contributed by atoms with van der Waals surface area (Å²) < 4.78 is 0. The van der Waals surface area contributed by atoms with Gasteiger partial charge in [-0.1, -0.05) is 175 Å². The highest BCUT2D eigenvalue weighted by Crippen LogP contribution is 2.63. The Balaban J connectivity index is 0.922. The molecular formula is C53H92. The summed E-state index contributed by atoms with van der Waals surface area (Å²) in [5.74, 6) is 18.4. The maximum absolute atomic E-state index is 2.77. The first kappa shape index (κ1) is 39.8. The zero-order chi connectivity index (χ0) is 36.1. The lowest BCUT2D eigenvalue weighted by Gasteiger charge is -2.60. The van der Waals surface area contributed by atoms with Gasteiger partial charge in [-0.15, -0.1) is 0 Å². The summed E-state index contributed by atoms with van der Waals surface area (Å²) in [5, 5.41) is 0. The van der Waals surface area contributed by atoms with Crippen LogP contribution >= 0.6 is 0 Å². The molecule has 0 aromatic carbocycles. The number of hydrogen-bond donors (Lipinski definition) is 0. The van der Waals surface area contributed by atoms with Crippen molar-refractivity contribution in [2.24, 2.45) is 101 Å². The molecule has 14 unspecified atom stereocenters. The van der Waals surface area contributed by atoms with Gasteiger partial charge in [0.05, 0.1) is 0 Å². The Morgan fingerprint density at radius 2 is 1.00 bits per heavy atom. The van der Waals surface area contributed by atoms with Crippen LogP contribution in [0.4, 0.5) is 0 Å². The molecule has 0 heteroatoms. The van der Waals surface area contributed by atoms with Gasteiger partial charge >= 0.3 is 0 Å². The topological polar surface area (TPSA) is 0 Å². The van der Waals surface area contributed by atoms with E-state index in [0.717, 1.165) is 101 Å². The highest BCUT2D eigenvalue weighted by Gasteiger charge is 2.56. The molecule has 8 aliphatic carbocycles. The Hall–Kier alpha value is 0. The van der Waals surface area contributed by atoms with Crippen LogP contribution in [-0.4, -0.2) is 0 Å². The largest absolute Gasteiger partial charge is 0.0654 e. The molecule has 53 heavy (non-hydrogen) atoms. The van der Waals surface area contributed by atoms with E-state index in [2.05, 4.69) is 20.8 Å². The Morgan fingerprint density at radius 3 is 1.68 bits per heavy atom. The molecule has 0 N–H and O–H groups in total. The fraction of sp³-hybridized carbons (Fsp3) is 1.00. The van der Waals surface area contributed by atoms with Gasteiger partial charge in [-0.05, 0) is 158 Å². The summed E-state index contributed by atoms with van der Waals surface area (Å²) in [5.41, 5.74) is 0. The molecule has 8 rings (SSSR count). The molecule has 0 aliphatic heterocycles. The molecule has 304 valence electrons. The lowest BCUT2D eigenvalue weighted by Crippen LogP contribution is -2.54. The van der Waals surface area contributed by atoms with Gasteiger partial charge in [0, 0.05) is 0 Å². The molecule has 0 nitrogen and oxygen atoms in total. The van der Waals surface area contributed by atoms with Crippen LogP contribution in [-0.2, 0) is 0 Å². The first-order valence-electron chi connectivity index (χ1n) is 26.1. The Morgan fingerprint density at radius 1 is 0.434 bits per heavy atom. The summed E-state index contributed by atoms with van der Waals surface area (Å²) in [6.07, 6.45) is 51.9. The smallest absolute Gasteiger partial charge is 0.0323 e. The predicted molar refractivity (Wildman–Crippen MR) is 229 cm³/mol. The number of rotatable bonds is 12. The minimum atomic E-state index is 0.976. The van der Waals surface area contributed by atoms with Crippen molar-refractivity contribution in [3.63, 3.8) is 0 Å². The lowest BCUT2D eigenvalue weighted by molar-refractivity contribution is -0.118. The van der Waals surface area contributed by atoms with Gasteiger partial charge in [0.25, 0.3) is 0 Å². The van der Waals surface area contributed by atoms with Crippen LogP contribution in [0.15, 0.2) is 0 Å². The average molecular weight is 729 g/mol. The zero-order valence-electron chi connectivity index (χ0n) is 36.1. The maximum atomic E-state index is 2.77. The van der Waals surface area contributed by atoms with Crippen molar-refractivity contribution in [1.82, 2.24) is 0 Å². The van der Waals surface area contributed by atoms with Crippen LogP contribution in [0, 0.1) is 101 Å². The van der Waals surface area contributed by atoms with Crippen molar-refractivity contribution < 1.29 is 0 Å². The third kappa shape index (κ3) is 9.03. The first-order valence-corrected chi connectivity index (χ1v) is 26.1. The lowest BCUT2D eigenvalue weighted by atomic mass is 9.45. The quantitative estimate of drug-likeness (QED) is 0.176. The summed E-state index contributed by atoms with van der Waals surface area (Å²) in [6.45, 7) is 7.90. The molecule has 8 aliphatic rings. The summed E-state index contributed by atoms with van der Waals surface area (Å²) in [4.78, 5) is 0. The fourth-order valence-corrected chi connectivity index (χ4v) is 17.9. The predicted octanol–water partition coefficient (Wildman–Crippen LogP) is 16.5. The number of fused-ring (bicyclic) bond motifs is 3. The van der Waals surface area contributed by atoms with Gasteiger partial charge < -0.3 is 0 Å². The third-order valence-corrected chi connectivity index (χ3v) is 20.2. The van der Waals surface area contributed by atoms with E-state index in [9.17, 15) is 0 Å². The van der Waals surface area contributed by atoms with E-state index in [4.69, 9.17) is 0 Å². The van der Waals surface area contributed by atoms with E-state index >= 15 is 0 Å². The molecule has 0 aromatic rings. The molecular weight excluding hydrogens is 637 g/mol. The molecule has 0 heterocycles. The van der Waals surface area contributed by atoms with Crippen molar-refractivity contribution in [2.75, 3.05) is 0 Å². The molecule has 8 saturated carbocycles. The fourth-order valence-electron chi connectivity index (χ4n) is 17.9. The van der Waals surface area contributed by atoms with Crippen molar-refractivity contribution >= 4 is 0 Å². The van der Waals surface area contributed by atoms with E-state index in [1.807, 2.05) is 0 Å². The average Bonchev–Trinajstić information content (AvgIpc) is 3.88. The first-order chi connectivity index (χ1) is 26.1. The molecule has 0 aromatic heterocycles. The Kier molecular flexibility index (Phi) is 14.4. The van der Waals surface area contributed by atoms with Crippen LogP contribution in [0.5, 0.6) is 0 Å². The monoisotopic (exact) mass is 729 g/mol. The van der Waals surface area contributed by atoms with E-state index < -0.39 is 0 Å². The Labute approximate surface area is 332 Å². The second kappa shape index (κ2) is 19.2. The van der Waals surface area contributed by atoms with Crippen LogP contribution in [0.1, 0.15) is 233 Å². The zero-order valence-corrected chi connectivity index (χ0v) is 36.1. The van der Waals surface area contributed by atoms with E-state index in [0.29, 0.717) is 0 Å². The summed E-state index contributed by atoms with van der Waals surface area (Å²) in [7, 11) is 0. The van der Waals surface area contributed by atoms with Gasteiger partial charge in [-0.2, -0.15) is 0 Å². The van der Waals surface area contributed by atoms with E-state index in [1.165, 1.54) is 32.1 Å². The molecule has 14 atom stereocenters. The minimum Gasteiger partial charge on any atom is -0.0654 e. The van der Waals surface area contributed by atoms with Crippen LogP contribution in [0.2, 0.25) is 0 Å². The van der Waals surface area contributed by atoms with Gasteiger partial charge in [-0.3, -0.25) is 0 Å². The standard InChI is InChI=1S/C53H92/c1-4-5-8-28-44-38(3)20-18-31-45(40-22-9-6-10-23-40)50-35-39(34-49(44)50)21-17-19-37(2)43-32-33-48-51(36-43)53(42-24-11-7-12-25-42)47-30-16-15-29-46(47)52(48)41-26-13-14-27-41/h37-53H,4-36H2,1-3H3. The molecule has 8 fully saturated rings. The second-order valence-electron chi connectivity index (χ2n) is 22.8. The second-order valence-corrected chi connectivity index (χ2v) is 22.8. The van der Waals surface area contributed by atoms with Crippen molar-refractivity contribution in [3.8, 4) is 0 Å². The SMILES string of the molecule is CCCCCC1C(C)CCCC(C2CCCCC2)C2CC(CCCC(C)C3CCC4C(C3)C(C3CCCCC3)C3CCCCC3C4C3CCCC3)CC12. The van der Waals surface area contributed by atoms with Gasteiger partial charge in [0.2, 0.25) is 0 Å². The van der Waals surface area contributed by atoms with E-state index in [1.54, 1.807) is 180 Å². The maximum Gasteiger partial charge on any atom is -0.0323 e. The van der Waals surface area contributed by atoms with Crippen LogP contribution in [0.3, 0.4) is 0 Å². The molecule has 0 saturated heterocycles. The Bertz CT molecular complexity index is 1060. The van der Waals surface area contributed by atoms with Crippen molar-refractivity contribution in [1.29, 1.82) is 0 Å². The minimum absolute atomic E-state index is 0.976. The highest BCUT2D eigenvalue weighted by atomic mass is 14.6. The van der Waals surface area contributed by atoms with Crippen molar-refractivity contribution in [3.05, 3.63) is 0 Å². The molecule has 0 radical (unpaired) electrons. The molecule has 0 amide bonds. The van der Waals surface area contributed by atoms with Gasteiger partial charge in [0.1, 0.15) is 0 Å². The third-order valence-electron chi connectivity index (χ3n) is 20.2. The highest BCUT2D eigenvalue weighted by molar-refractivity contribution is 5.05. The van der Waals surface area contributed by atoms with E-state index in [-0.39, 0.29) is 0 Å². The summed E-state index contributed by atoms with van der Waals surface area (Å²) >= 11 is 0. The van der Waals surface area contributed by atoms with Gasteiger partial charge in [-0.25, -0.2) is 0 Å². The summed E-state index contributed by atoms with van der Waals surface area (Å²) in [6, 6.07) is 0. The van der Waals surface area contributed by atoms with Gasteiger partial charge in [0.15, 0.2) is 0 Å². The number of unbranched alkanes of at least 4 members (excludes halogenated alkanes) is 2. The molecule has 0 spiro atoms. The number of hydrogen-bond acceptors (Lipinski definition) is 0. The van der Waals surface area contributed by atoms with Crippen LogP contribution in [0.25, 0.3) is 0 Å². The van der Waals surface area contributed by atoms with Crippen molar-refractivity contribution in [2.45, 2.75) is 233 Å². The normalized spacial score (nSPS) is 44.1.